The molecule has 0 amide bonds. The lowest BCUT2D eigenvalue weighted by Crippen LogP contribution is -2.18. The quantitative estimate of drug-likeness (QED) is 0.707. The molecule has 0 aromatic heterocycles. The molecule has 0 aliphatic carbocycles. The molecular formula is C14H20O2. The van der Waals surface area contributed by atoms with E-state index in [9.17, 15) is 4.79 Å². The normalized spacial score (nSPS) is 12.2. The average Bonchev–Trinajstić information content (AvgIpc) is 2.28. The molecule has 0 bridgehead atoms. The number of rotatable bonds is 5. The van der Waals surface area contributed by atoms with Gasteiger partial charge < -0.3 is 4.74 Å². The summed E-state index contributed by atoms with van der Waals surface area (Å²) in [5, 5.41) is 0. The summed E-state index contributed by atoms with van der Waals surface area (Å²) in [5.41, 5.74) is 1.65. The Morgan fingerprint density at radius 3 is 2.56 bits per heavy atom. The van der Waals surface area contributed by atoms with E-state index in [4.69, 9.17) is 4.74 Å². The summed E-state index contributed by atoms with van der Waals surface area (Å²) in [6, 6.07) is 7.54. The number of benzene rings is 1. The van der Waals surface area contributed by atoms with Crippen LogP contribution in [0.3, 0.4) is 0 Å². The van der Waals surface area contributed by atoms with Gasteiger partial charge in [0.1, 0.15) is 6.10 Å². The summed E-state index contributed by atoms with van der Waals surface area (Å²) in [7, 11) is 0. The Hall–Kier alpha value is -1.31. The molecule has 0 saturated carbocycles. The molecule has 2 heteroatoms. The third kappa shape index (κ3) is 3.37. The van der Waals surface area contributed by atoms with Gasteiger partial charge in [-0.25, -0.2) is 4.79 Å². The molecule has 1 aromatic rings. The minimum atomic E-state index is -0.196. The van der Waals surface area contributed by atoms with Crippen molar-refractivity contribution in [3.8, 4) is 0 Å². The second-order valence-corrected chi connectivity index (χ2v) is 4.04. The van der Waals surface area contributed by atoms with Gasteiger partial charge in [-0.2, -0.15) is 0 Å². The van der Waals surface area contributed by atoms with Crippen LogP contribution in [0.1, 0.15) is 49.0 Å². The Labute approximate surface area is 97.6 Å². The van der Waals surface area contributed by atoms with E-state index in [0.717, 1.165) is 24.8 Å². The molecular weight excluding hydrogens is 200 g/mol. The number of hydrogen-bond donors (Lipinski definition) is 0. The number of carbonyl (C=O) groups excluding carboxylic acids is 1. The average molecular weight is 220 g/mol. The Morgan fingerprint density at radius 1 is 1.31 bits per heavy atom. The Morgan fingerprint density at radius 2 is 2.00 bits per heavy atom. The van der Waals surface area contributed by atoms with Gasteiger partial charge in [-0.3, -0.25) is 0 Å². The van der Waals surface area contributed by atoms with Crippen molar-refractivity contribution in [3.05, 3.63) is 35.4 Å². The van der Waals surface area contributed by atoms with Crippen LogP contribution in [0, 0.1) is 6.92 Å². The maximum Gasteiger partial charge on any atom is 0.338 e. The molecule has 0 heterocycles. The van der Waals surface area contributed by atoms with Crippen LogP contribution in [0.15, 0.2) is 24.3 Å². The maximum atomic E-state index is 11.9. The lowest BCUT2D eigenvalue weighted by molar-refractivity contribution is 0.0271. The van der Waals surface area contributed by atoms with Gasteiger partial charge in [-0.15, -0.1) is 0 Å². The van der Waals surface area contributed by atoms with Crippen LogP contribution >= 0.6 is 0 Å². The summed E-state index contributed by atoms with van der Waals surface area (Å²) in [6.45, 7) is 6.08. The van der Waals surface area contributed by atoms with E-state index in [1.165, 1.54) is 0 Å². The number of hydrogen-bond acceptors (Lipinski definition) is 2. The smallest absolute Gasteiger partial charge is 0.338 e. The van der Waals surface area contributed by atoms with Crippen LogP contribution in [0.2, 0.25) is 0 Å². The van der Waals surface area contributed by atoms with Gasteiger partial charge in [0.15, 0.2) is 0 Å². The summed E-state index contributed by atoms with van der Waals surface area (Å²) < 4.78 is 5.47. The fourth-order valence-corrected chi connectivity index (χ4v) is 1.69. The first-order valence-corrected chi connectivity index (χ1v) is 5.95. The van der Waals surface area contributed by atoms with Crippen LogP contribution in [-0.2, 0) is 4.74 Å². The molecule has 88 valence electrons. The van der Waals surface area contributed by atoms with Gasteiger partial charge in [-0.05, 0) is 31.4 Å². The molecule has 1 atom stereocenters. The second kappa shape index (κ2) is 6.31. The van der Waals surface area contributed by atoms with Crippen molar-refractivity contribution >= 4 is 5.97 Å². The summed E-state index contributed by atoms with van der Waals surface area (Å²) >= 11 is 0. The van der Waals surface area contributed by atoms with E-state index in [-0.39, 0.29) is 12.1 Å². The van der Waals surface area contributed by atoms with Crippen molar-refractivity contribution < 1.29 is 9.53 Å². The van der Waals surface area contributed by atoms with E-state index >= 15 is 0 Å². The molecule has 16 heavy (non-hydrogen) atoms. The summed E-state index contributed by atoms with van der Waals surface area (Å²) in [4.78, 5) is 11.9. The highest BCUT2D eigenvalue weighted by atomic mass is 16.5. The molecule has 0 radical (unpaired) electrons. The first kappa shape index (κ1) is 12.8. The van der Waals surface area contributed by atoms with E-state index < -0.39 is 0 Å². The molecule has 0 spiro atoms. The zero-order valence-electron chi connectivity index (χ0n) is 10.3. The van der Waals surface area contributed by atoms with Gasteiger partial charge in [0.05, 0.1) is 5.56 Å². The van der Waals surface area contributed by atoms with Crippen molar-refractivity contribution in [2.75, 3.05) is 0 Å². The molecule has 1 rings (SSSR count). The summed E-state index contributed by atoms with van der Waals surface area (Å²) in [5.74, 6) is -0.196. The molecule has 0 saturated heterocycles. The third-order valence-corrected chi connectivity index (χ3v) is 2.70. The van der Waals surface area contributed by atoms with Gasteiger partial charge >= 0.3 is 5.97 Å². The van der Waals surface area contributed by atoms with Gasteiger partial charge in [-0.1, -0.05) is 38.5 Å². The van der Waals surface area contributed by atoms with Crippen molar-refractivity contribution in [2.24, 2.45) is 0 Å². The lowest BCUT2D eigenvalue weighted by Gasteiger charge is -2.15. The van der Waals surface area contributed by atoms with Crippen LogP contribution < -0.4 is 0 Å². The first-order valence-electron chi connectivity index (χ1n) is 5.95. The second-order valence-electron chi connectivity index (χ2n) is 4.04. The van der Waals surface area contributed by atoms with Crippen molar-refractivity contribution in [3.63, 3.8) is 0 Å². The predicted octanol–water partition coefficient (Wildman–Crippen LogP) is 3.73. The molecule has 1 aromatic carbocycles. The molecule has 0 aliphatic rings. The molecule has 0 aliphatic heterocycles. The highest BCUT2D eigenvalue weighted by molar-refractivity contribution is 5.91. The van der Waals surface area contributed by atoms with Crippen molar-refractivity contribution in [1.82, 2.24) is 0 Å². The first-order chi connectivity index (χ1) is 7.69. The SMILES string of the molecule is CCCC(CC)OC(=O)c1ccccc1C. The minimum Gasteiger partial charge on any atom is -0.459 e. The van der Waals surface area contributed by atoms with E-state index in [0.29, 0.717) is 5.56 Å². The minimum absolute atomic E-state index is 0.0529. The van der Waals surface area contributed by atoms with Crippen LogP contribution in [0.25, 0.3) is 0 Å². The van der Waals surface area contributed by atoms with E-state index in [2.05, 4.69) is 6.92 Å². The molecule has 0 N–H and O–H groups in total. The standard InChI is InChI=1S/C14H20O2/c1-4-8-12(5-2)16-14(15)13-10-7-6-9-11(13)3/h6-7,9-10,12H,4-5,8H2,1-3H3. The predicted molar refractivity (Wildman–Crippen MR) is 65.6 cm³/mol. The fourth-order valence-electron chi connectivity index (χ4n) is 1.69. The molecule has 2 nitrogen and oxygen atoms in total. The Balaban J connectivity index is 2.68. The summed E-state index contributed by atoms with van der Waals surface area (Å²) in [6.07, 6.45) is 2.91. The number of ether oxygens (including phenoxy) is 1. The topological polar surface area (TPSA) is 26.3 Å². The molecule has 0 fully saturated rings. The Bertz CT molecular complexity index is 344. The number of carbonyl (C=O) groups is 1. The number of esters is 1. The van der Waals surface area contributed by atoms with Crippen LogP contribution in [0.5, 0.6) is 0 Å². The largest absolute Gasteiger partial charge is 0.459 e. The fraction of sp³-hybridized carbons (Fsp3) is 0.500. The van der Waals surface area contributed by atoms with Crippen molar-refractivity contribution in [2.45, 2.75) is 46.1 Å². The van der Waals surface area contributed by atoms with E-state index in [1.54, 1.807) is 0 Å². The highest BCUT2D eigenvalue weighted by Crippen LogP contribution is 2.13. The zero-order chi connectivity index (χ0) is 12.0. The monoisotopic (exact) mass is 220 g/mol. The lowest BCUT2D eigenvalue weighted by atomic mass is 10.1. The van der Waals surface area contributed by atoms with Gasteiger partial charge in [0.25, 0.3) is 0 Å². The third-order valence-electron chi connectivity index (χ3n) is 2.70. The maximum absolute atomic E-state index is 11.9. The van der Waals surface area contributed by atoms with Crippen molar-refractivity contribution in [1.29, 1.82) is 0 Å². The highest BCUT2D eigenvalue weighted by Gasteiger charge is 2.14. The van der Waals surface area contributed by atoms with Gasteiger partial charge in [0.2, 0.25) is 0 Å². The Kier molecular flexibility index (Phi) is 5.03. The van der Waals surface area contributed by atoms with Crippen LogP contribution in [0.4, 0.5) is 0 Å². The number of aryl methyl sites for hydroxylation is 1. The molecule has 1 unspecified atom stereocenters. The van der Waals surface area contributed by atoms with E-state index in [1.807, 2.05) is 38.1 Å². The van der Waals surface area contributed by atoms with Crippen LogP contribution in [-0.4, -0.2) is 12.1 Å². The van der Waals surface area contributed by atoms with Gasteiger partial charge in [0, 0.05) is 0 Å². The zero-order valence-corrected chi connectivity index (χ0v) is 10.3.